The predicted molar refractivity (Wildman–Crippen MR) is 62.2 cm³/mol. The van der Waals surface area contributed by atoms with Crippen LogP contribution in [0.2, 0.25) is 0 Å². The maximum atomic E-state index is 12.6. The van der Waals surface area contributed by atoms with Gasteiger partial charge in [0.25, 0.3) is 0 Å². The van der Waals surface area contributed by atoms with Gasteiger partial charge < -0.3 is 20.5 Å². The number of urea groups is 1. The van der Waals surface area contributed by atoms with Gasteiger partial charge in [0, 0.05) is 13.2 Å². The lowest BCUT2D eigenvalue weighted by molar-refractivity contribution is -0.203. The molecule has 0 aromatic rings. The highest BCUT2D eigenvalue weighted by atomic mass is 19.4. The molecule has 0 aliphatic heterocycles. The van der Waals surface area contributed by atoms with E-state index in [1.807, 2.05) is 0 Å². The summed E-state index contributed by atoms with van der Waals surface area (Å²) < 4.78 is 43.0. The summed E-state index contributed by atoms with van der Waals surface area (Å²) in [5, 5.41) is 12.1. The Hall–Kier alpha value is -1.51. The smallest absolute Gasteiger partial charge is 0.422 e. The van der Waals surface area contributed by atoms with Gasteiger partial charge in [-0.2, -0.15) is 13.2 Å². The molecule has 116 valence electrons. The van der Waals surface area contributed by atoms with E-state index in [4.69, 9.17) is 9.84 Å². The third-order valence-corrected chi connectivity index (χ3v) is 2.94. The molecule has 20 heavy (non-hydrogen) atoms. The molecule has 0 saturated heterocycles. The first-order chi connectivity index (χ1) is 9.17. The van der Waals surface area contributed by atoms with Crippen LogP contribution in [0.1, 0.15) is 19.8 Å². The number of nitrogens with one attached hydrogen (secondary N) is 2. The molecule has 1 rings (SSSR count). The quantitative estimate of drug-likeness (QED) is 0.615. The van der Waals surface area contributed by atoms with Crippen molar-refractivity contribution in [2.24, 2.45) is 5.92 Å². The normalized spacial score (nSPS) is 18.2. The Balaban J connectivity index is 2.32. The van der Waals surface area contributed by atoms with Crippen molar-refractivity contribution in [3.8, 4) is 0 Å². The van der Waals surface area contributed by atoms with E-state index >= 15 is 0 Å². The molecule has 0 aromatic carbocycles. The molecule has 0 bridgehead atoms. The number of hydrogen-bond donors (Lipinski definition) is 3. The highest BCUT2D eigenvalue weighted by molar-refractivity contribution is 5.86. The SMILES string of the molecule is CC(NC(=O)NCCOCC1CC1)(C(=O)O)C(F)(F)F. The van der Waals surface area contributed by atoms with Crippen molar-refractivity contribution >= 4 is 12.0 Å². The minimum Gasteiger partial charge on any atom is -0.479 e. The highest BCUT2D eigenvalue weighted by Gasteiger charge is 2.58. The second kappa shape index (κ2) is 6.29. The molecule has 1 aliphatic carbocycles. The summed E-state index contributed by atoms with van der Waals surface area (Å²) in [4.78, 5) is 22.0. The zero-order valence-electron chi connectivity index (χ0n) is 10.9. The van der Waals surface area contributed by atoms with Crippen LogP contribution in [0.4, 0.5) is 18.0 Å². The maximum absolute atomic E-state index is 12.6. The van der Waals surface area contributed by atoms with Crippen molar-refractivity contribution in [2.45, 2.75) is 31.5 Å². The lowest BCUT2D eigenvalue weighted by atomic mass is 10.0. The van der Waals surface area contributed by atoms with Crippen LogP contribution >= 0.6 is 0 Å². The molecule has 0 radical (unpaired) electrons. The fourth-order valence-electron chi connectivity index (χ4n) is 1.29. The summed E-state index contributed by atoms with van der Waals surface area (Å²) in [5.41, 5.74) is -3.33. The van der Waals surface area contributed by atoms with Crippen molar-refractivity contribution in [1.29, 1.82) is 0 Å². The lowest BCUT2D eigenvalue weighted by Gasteiger charge is -2.28. The van der Waals surface area contributed by atoms with Crippen LogP contribution < -0.4 is 10.6 Å². The number of alkyl halides is 3. The first kappa shape index (κ1) is 16.5. The number of carboxylic acids is 1. The Kier molecular flexibility index (Phi) is 5.21. The van der Waals surface area contributed by atoms with E-state index in [-0.39, 0.29) is 13.2 Å². The van der Waals surface area contributed by atoms with Crippen LogP contribution in [0.3, 0.4) is 0 Å². The van der Waals surface area contributed by atoms with Gasteiger partial charge in [-0.15, -0.1) is 0 Å². The Morgan fingerprint density at radius 2 is 1.95 bits per heavy atom. The molecular formula is C11H17F3N2O4. The van der Waals surface area contributed by atoms with Crippen LogP contribution in [-0.2, 0) is 9.53 Å². The summed E-state index contributed by atoms with van der Waals surface area (Å²) in [7, 11) is 0. The third-order valence-electron chi connectivity index (χ3n) is 2.94. The Labute approximate surface area is 113 Å². The standard InChI is InChI=1S/C11H17F3N2O4/c1-10(8(17)18,11(12,13)14)16-9(19)15-4-5-20-6-7-2-3-7/h7H,2-6H2,1H3,(H,17,18)(H2,15,16,19). The van der Waals surface area contributed by atoms with Crippen molar-refractivity contribution in [3.05, 3.63) is 0 Å². The second-order valence-electron chi connectivity index (χ2n) is 4.83. The van der Waals surface area contributed by atoms with Gasteiger partial charge in [0.1, 0.15) is 0 Å². The van der Waals surface area contributed by atoms with Gasteiger partial charge in [-0.05, 0) is 25.7 Å². The summed E-state index contributed by atoms with van der Waals surface area (Å²) >= 11 is 0. The molecule has 2 amide bonds. The second-order valence-corrected chi connectivity index (χ2v) is 4.83. The van der Waals surface area contributed by atoms with Crippen molar-refractivity contribution in [1.82, 2.24) is 10.6 Å². The van der Waals surface area contributed by atoms with E-state index in [2.05, 4.69) is 5.32 Å². The van der Waals surface area contributed by atoms with Crippen LogP contribution in [0.15, 0.2) is 0 Å². The number of ether oxygens (including phenoxy) is 1. The molecule has 0 spiro atoms. The number of hydrogen-bond acceptors (Lipinski definition) is 3. The number of carboxylic acid groups (broad SMARTS) is 1. The summed E-state index contributed by atoms with van der Waals surface area (Å²) in [6.45, 7) is 1.13. The molecule has 1 saturated carbocycles. The molecule has 9 heteroatoms. The average molecular weight is 298 g/mol. The van der Waals surface area contributed by atoms with Crippen molar-refractivity contribution in [3.63, 3.8) is 0 Å². The van der Waals surface area contributed by atoms with Gasteiger partial charge in [-0.3, -0.25) is 0 Å². The summed E-state index contributed by atoms with van der Waals surface area (Å²) in [6.07, 6.45) is -2.88. The van der Waals surface area contributed by atoms with Gasteiger partial charge in [0.2, 0.25) is 5.54 Å². The van der Waals surface area contributed by atoms with Gasteiger partial charge in [0.15, 0.2) is 0 Å². The molecule has 3 N–H and O–H groups in total. The summed E-state index contributed by atoms with van der Waals surface area (Å²) in [6, 6.07) is -1.21. The fourth-order valence-corrected chi connectivity index (χ4v) is 1.29. The van der Waals surface area contributed by atoms with E-state index in [1.54, 1.807) is 0 Å². The number of carbonyl (C=O) groups excluding carboxylic acids is 1. The van der Waals surface area contributed by atoms with Crippen molar-refractivity contribution in [2.75, 3.05) is 19.8 Å². The maximum Gasteiger partial charge on any atom is 0.422 e. The fraction of sp³-hybridized carbons (Fsp3) is 0.818. The largest absolute Gasteiger partial charge is 0.479 e. The molecule has 1 unspecified atom stereocenters. The summed E-state index contributed by atoms with van der Waals surface area (Å²) in [5.74, 6) is -1.63. The number of aliphatic carboxylic acids is 1. The highest BCUT2D eigenvalue weighted by Crippen LogP contribution is 2.30. The molecule has 0 heterocycles. The van der Waals surface area contributed by atoms with Crippen LogP contribution in [0.25, 0.3) is 0 Å². The number of carbonyl (C=O) groups is 2. The van der Waals surface area contributed by atoms with Gasteiger partial charge in [-0.25, -0.2) is 9.59 Å². The monoisotopic (exact) mass is 298 g/mol. The lowest BCUT2D eigenvalue weighted by Crippen LogP contribution is -2.63. The zero-order chi connectivity index (χ0) is 15.4. The predicted octanol–water partition coefficient (Wildman–Crippen LogP) is 1.12. The third kappa shape index (κ3) is 4.55. The molecule has 1 aliphatic rings. The Morgan fingerprint density at radius 1 is 1.35 bits per heavy atom. The Morgan fingerprint density at radius 3 is 2.40 bits per heavy atom. The molecular weight excluding hydrogens is 281 g/mol. The number of halogens is 3. The molecule has 0 aromatic heterocycles. The van der Waals surface area contributed by atoms with Crippen LogP contribution in [0, 0.1) is 5.92 Å². The van der Waals surface area contributed by atoms with Crippen LogP contribution in [-0.4, -0.2) is 48.6 Å². The zero-order valence-corrected chi connectivity index (χ0v) is 10.9. The van der Waals surface area contributed by atoms with Crippen LogP contribution in [0.5, 0.6) is 0 Å². The van der Waals surface area contributed by atoms with E-state index in [1.165, 1.54) is 5.32 Å². The average Bonchev–Trinajstić information content (AvgIpc) is 3.10. The first-order valence-electron chi connectivity index (χ1n) is 6.10. The van der Waals surface area contributed by atoms with Gasteiger partial charge >= 0.3 is 18.2 Å². The van der Waals surface area contributed by atoms with E-state index in [0.29, 0.717) is 19.4 Å². The minimum atomic E-state index is -5.10. The van der Waals surface area contributed by atoms with Gasteiger partial charge in [-0.1, -0.05) is 0 Å². The first-order valence-corrected chi connectivity index (χ1v) is 6.10. The Bertz CT molecular complexity index is 371. The van der Waals surface area contributed by atoms with E-state index in [0.717, 1.165) is 12.8 Å². The number of amides is 2. The molecule has 6 nitrogen and oxygen atoms in total. The van der Waals surface area contributed by atoms with Crippen molar-refractivity contribution < 1.29 is 32.6 Å². The molecule has 1 atom stereocenters. The van der Waals surface area contributed by atoms with E-state index < -0.39 is 23.7 Å². The van der Waals surface area contributed by atoms with E-state index in [9.17, 15) is 22.8 Å². The molecule has 1 fully saturated rings. The number of rotatable bonds is 7. The van der Waals surface area contributed by atoms with Gasteiger partial charge in [0.05, 0.1) is 6.61 Å². The topological polar surface area (TPSA) is 87.7 Å². The minimum absolute atomic E-state index is 0.00606.